The second kappa shape index (κ2) is 13.0. The second-order valence-electron chi connectivity index (χ2n) is 10.4. The Bertz CT molecular complexity index is 1730. The van der Waals surface area contributed by atoms with Crippen molar-refractivity contribution in [1.29, 1.82) is 0 Å². The lowest BCUT2D eigenvalue weighted by Crippen LogP contribution is -2.34. The lowest BCUT2D eigenvalue weighted by atomic mass is 10.1. The summed E-state index contributed by atoms with van der Waals surface area (Å²) in [5.41, 5.74) is 10.2. The first-order valence-corrected chi connectivity index (χ1v) is 14.2. The van der Waals surface area contributed by atoms with Crippen molar-refractivity contribution >= 4 is 6.03 Å². The number of nitrogens with one attached hydrogen (secondary N) is 2. The van der Waals surface area contributed by atoms with E-state index in [-0.39, 0.29) is 6.03 Å². The van der Waals surface area contributed by atoms with Crippen LogP contribution >= 0.6 is 0 Å². The molecule has 9 heteroatoms. The van der Waals surface area contributed by atoms with Crippen molar-refractivity contribution in [3.05, 3.63) is 132 Å². The Labute approximate surface area is 255 Å². The Hall–Kier alpha value is -5.83. The highest BCUT2D eigenvalue weighted by Gasteiger charge is 2.09. The van der Waals surface area contributed by atoms with Gasteiger partial charge in [-0.1, -0.05) is 36.4 Å². The van der Waals surface area contributed by atoms with Gasteiger partial charge in [-0.3, -0.25) is 19.9 Å². The monoisotopic (exact) mass is 578 g/mol. The van der Waals surface area contributed by atoms with E-state index in [9.17, 15) is 4.79 Å². The number of aryl methyl sites for hydroxylation is 2. The molecule has 0 saturated carbocycles. The normalized spacial score (nSPS) is 10.8. The molecule has 44 heavy (non-hydrogen) atoms. The van der Waals surface area contributed by atoms with Crippen LogP contribution in [0.1, 0.15) is 22.3 Å². The molecule has 0 spiro atoms. The van der Waals surface area contributed by atoms with E-state index < -0.39 is 0 Å². The number of nitrogens with zero attached hydrogens (tertiary/aromatic N) is 6. The van der Waals surface area contributed by atoms with Crippen LogP contribution in [0.2, 0.25) is 0 Å². The van der Waals surface area contributed by atoms with Crippen molar-refractivity contribution in [2.24, 2.45) is 0 Å². The lowest BCUT2D eigenvalue weighted by Gasteiger charge is -2.09. The molecule has 0 radical (unpaired) electrons. The molecule has 6 aromatic rings. The molecule has 9 nitrogen and oxygen atoms in total. The largest absolute Gasteiger partial charge is 0.334 e. The van der Waals surface area contributed by atoms with Crippen LogP contribution in [0.15, 0.2) is 110 Å². The van der Waals surface area contributed by atoms with Crippen molar-refractivity contribution < 1.29 is 4.79 Å². The van der Waals surface area contributed by atoms with Gasteiger partial charge in [0.25, 0.3) is 0 Å². The highest BCUT2D eigenvalue weighted by atomic mass is 16.2. The van der Waals surface area contributed by atoms with E-state index in [1.54, 1.807) is 12.4 Å². The Kier molecular flexibility index (Phi) is 8.36. The molecule has 0 aliphatic heterocycles. The Balaban J connectivity index is 1.00. The van der Waals surface area contributed by atoms with Gasteiger partial charge in [-0.2, -0.15) is 0 Å². The van der Waals surface area contributed by atoms with Crippen molar-refractivity contribution in [3.8, 4) is 45.6 Å². The van der Waals surface area contributed by atoms with Gasteiger partial charge < -0.3 is 10.6 Å². The third-order valence-electron chi connectivity index (χ3n) is 6.93. The quantitative estimate of drug-likeness (QED) is 0.216. The summed E-state index contributed by atoms with van der Waals surface area (Å²) < 4.78 is 0. The number of carbonyl (C=O) groups excluding carboxylic acids is 1. The topological polar surface area (TPSA) is 118 Å². The van der Waals surface area contributed by atoms with E-state index in [0.717, 1.165) is 67.8 Å². The molecule has 0 atom stereocenters. The predicted molar refractivity (Wildman–Crippen MR) is 170 cm³/mol. The summed E-state index contributed by atoms with van der Waals surface area (Å²) in [5, 5.41) is 5.75. The molecule has 0 aliphatic rings. The molecule has 0 unspecified atom stereocenters. The smallest absolute Gasteiger partial charge is 0.315 e. The lowest BCUT2D eigenvalue weighted by molar-refractivity contribution is 0.240. The molecule has 0 fully saturated rings. The number of pyridine rings is 6. The Morgan fingerprint density at radius 2 is 0.841 bits per heavy atom. The number of carbonyl (C=O) groups is 1. The zero-order valence-corrected chi connectivity index (χ0v) is 24.4. The maximum atomic E-state index is 12.5. The van der Waals surface area contributed by atoms with Gasteiger partial charge in [0, 0.05) is 37.9 Å². The highest BCUT2D eigenvalue weighted by molar-refractivity contribution is 5.74. The summed E-state index contributed by atoms with van der Waals surface area (Å²) in [7, 11) is 0. The van der Waals surface area contributed by atoms with Crippen LogP contribution in [-0.4, -0.2) is 35.9 Å². The van der Waals surface area contributed by atoms with Gasteiger partial charge in [0.15, 0.2) is 0 Å². The summed E-state index contributed by atoms with van der Waals surface area (Å²) in [4.78, 5) is 40.0. The van der Waals surface area contributed by atoms with Crippen LogP contribution in [0.25, 0.3) is 45.6 Å². The minimum absolute atomic E-state index is 0.280. The van der Waals surface area contributed by atoms with Gasteiger partial charge >= 0.3 is 6.03 Å². The molecular formula is C35H30N8O. The summed E-state index contributed by atoms with van der Waals surface area (Å²) in [5.74, 6) is 0. The molecule has 0 aliphatic carbocycles. The average Bonchev–Trinajstić information content (AvgIpc) is 3.08. The molecule has 6 aromatic heterocycles. The molecule has 216 valence electrons. The van der Waals surface area contributed by atoms with Gasteiger partial charge in [-0.15, -0.1) is 0 Å². The van der Waals surface area contributed by atoms with Crippen LogP contribution in [0.5, 0.6) is 0 Å². The number of rotatable bonds is 8. The molecule has 0 saturated heterocycles. The fourth-order valence-electron chi connectivity index (χ4n) is 4.47. The summed E-state index contributed by atoms with van der Waals surface area (Å²) in [6.07, 6.45) is 7.15. The SMILES string of the molecule is Cc1ccc(-c2cccc(-c3ccc(CNC(=O)NCc4ccc(-c5cccc(-c6ccc(C)cn6)n5)nc4)cn3)n2)nc1. The molecule has 0 bridgehead atoms. The van der Waals surface area contributed by atoms with Crippen molar-refractivity contribution in [2.45, 2.75) is 26.9 Å². The van der Waals surface area contributed by atoms with Gasteiger partial charge in [0.1, 0.15) is 0 Å². The number of urea groups is 1. The van der Waals surface area contributed by atoms with E-state index in [2.05, 4.69) is 30.6 Å². The molecule has 2 amide bonds. The molecular weight excluding hydrogens is 548 g/mol. The third-order valence-corrected chi connectivity index (χ3v) is 6.93. The maximum absolute atomic E-state index is 12.5. The summed E-state index contributed by atoms with van der Waals surface area (Å²) in [6.45, 7) is 4.69. The van der Waals surface area contributed by atoms with Crippen LogP contribution < -0.4 is 10.6 Å². The predicted octanol–water partition coefficient (Wildman–Crippen LogP) is 6.34. The fraction of sp³-hybridized carbons (Fsp3) is 0.114. The standard InChI is InChI=1S/C35H30N8O/c1-23-9-13-27(36-17-23)31-5-3-7-33(42-31)29-15-11-25(19-38-29)21-40-35(44)41-22-26-12-16-30(39-20-26)34-8-4-6-32(43-34)28-14-10-24(2)18-37-28/h3-20H,21-22H2,1-2H3,(H2,40,41,44). The zero-order valence-electron chi connectivity index (χ0n) is 24.4. The molecule has 0 aromatic carbocycles. The van der Waals surface area contributed by atoms with E-state index in [0.29, 0.717) is 13.1 Å². The molecule has 6 heterocycles. The van der Waals surface area contributed by atoms with Crippen molar-refractivity contribution in [3.63, 3.8) is 0 Å². The van der Waals surface area contributed by atoms with Crippen LogP contribution in [0.4, 0.5) is 4.79 Å². The van der Waals surface area contributed by atoms with Gasteiger partial charge in [0.2, 0.25) is 0 Å². The Morgan fingerprint density at radius 3 is 1.16 bits per heavy atom. The number of aromatic nitrogens is 6. The van der Waals surface area contributed by atoms with Gasteiger partial charge in [-0.25, -0.2) is 14.8 Å². The average molecular weight is 579 g/mol. The highest BCUT2D eigenvalue weighted by Crippen LogP contribution is 2.22. The first kappa shape index (κ1) is 28.3. The minimum Gasteiger partial charge on any atom is -0.334 e. The minimum atomic E-state index is -0.280. The molecule has 2 N–H and O–H groups in total. The second-order valence-corrected chi connectivity index (χ2v) is 10.4. The first-order chi connectivity index (χ1) is 21.5. The van der Waals surface area contributed by atoms with Gasteiger partial charge in [-0.05, 0) is 84.6 Å². The van der Waals surface area contributed by atoms with E-state index in [1.807, 2.05) is 111 Å². The third kappa shape index (κ3) is 6.96. The van der Waals surface area contributed by atoms with Crippen molar-refractivity contribution in [1.82, 2.24) is 40.5 Å². The van der Waals surface area contributed by atoms with E-state index in [4.69, 9.17) is 9.97 Å². The Morgan fingerprint density at radius 1 is 0.477 bits per heavy atom. The maximum Gasteiger partial charge on any atom is 0.315 e. The zero-order chi connectivity index (χ0) is 30.3. The number of amides is 2. The first-order valence-electron chi connectivity index (χ1n) is 14.2. The van der Waals surface area contributed by atoms with Crippen LogP contribution in [0, 0.1) is 13.8 Å². The van der Waals surface area contributed by atoms with Crippen LogP contribution in [0.3, 0.4) is 0 Å². The fourth-order valence-corrected chi connectivity index (χ4v) is 4.47. The summed E-state index contributed by atoms with van der Waals surface area (Å²) in [6, 6.07) is 26.9. The molecule has 6 rings (SSSR count). The van der Waals surface area contributed by atoms with Crippen molar-refractivity contribution in [2.75, 3.05) is 0 Å². The van der Waals surface area contributed by atoms with Gasteiger partial charge in [0.05, 0.1) is 45.6 Å². The number of hydrogen-bond donors (Lipinski definition) is 2. The number of hydrogen-bond acceptors (Lipinski definition) is 7. The van der Waals surface area contributed by atoms with Crippen LogP contribution in [-0.2, 0) is 13.1 Å². The van der Waals surface area contributed by atoms with E-state index in [1.165, 1.54) is 0 Å². The summed E-state index contributed by atoms with van der Waals surface area (Å²) >= 11 is 0. The van der Waals surface area contributed by atoms with E-state index >= 15 is 0 Å².